The summed E-state index contributed by atoms with van der Waals surface area (Å²) in [6, 6.07) is 0. The number of likely N-dealkylation sites (tertiary alicyclic amines) is 1. The van der Waals surface area contributed by atoms with Gasteiger partial charge in [-0.15, -0.1) is 0 Å². The normalized spacial score (nSPS) is 35.2. The molecule has 0 spiro atoms. The van der Waals surface area contributed by atoms with E-state index >= 15 is 0 Å². The highest BCUT2D eigenvalue weighted by Gasteiger charge is 2.42. The number of piperidine rings is 1. The van der Waals surface area contributed by atoms with Gasteiger partial charge in [0, 0.05) is 33.1 Å². The summed E-state index contributed by atoms with van der Waals surface area (Å²) in [6.07, 6.45) is 4.81. The minimum absolute atomic E-state index is 0.169. The molecule has 3 atom stereocenters. The largest absolute Gasteiger partial charge is 0.377 e. The third-order valence-corrected chi connectivity index (χ3v) is 4.97. The molecule has 2 heterocycles. The minimum atomic E-state index is 0.169. The molecular weight excluding hydrogens is 240 g/mol. The predicted molar refractivity (Wildman–Crippen MR) is 73.8 cm³/mol. The number of ether oxygens (including phenoxy) is 1. The fourth-order valence-corrected chi connectivity index (χ4v) is 3.56. The van der Waals surface area contributed by atoms with E-state index in [1.807, 2.05) is 14.1 Å². The van der Waals surface area contributed by atoms with Gasteiger partial charge in [0.1, 0.15) is 0 Å². The van der Waals surface area contributed by atoms with Crippen LogP contribution in [0.1, 0.15) is 25.7 Å². The van der Waals surface area contributed by atoms with Gasteiger partial charge in [-0.2, -0.15) is 0 Å². The fraction of sp³-hybridized carbons (Fsp3) is 0.933. The van der Waals surface area contributed by atoms with E-state index in [4.69, 9.17) is 4.74 Å². The second kappa shape index (κ2) is 5.41. The minimum Gasteiger partial charge on any atom is -0.377 e. The molecule has 108 valence electrons. The first kappa shape index (κ1) is 13.4. The summed E-state index contributed by atoms with van der Waals surface area (Å²) >= 11 is 0. The first-order valence-corrected chi connectivity index (χ1v) is 7.67. The molecule has 4 heteroatoms. The van der Waals surface area contributed by atoms with Crippen molar-refractivity contribution in [2.45, 2.75) is 31.8 Å². The zero-order valence-electron chi connectivity index (χ0n) is 12.2. The summed E-state index contributed by atoms with van der Waals surface area (Å²) in [5, 5.41) is 0. The van der Waals surface area contributed by atoms with Gasteiger partial charge in [0.05, 0.1) is 19.1 Å². The molecule has 2 saturated heterocycles. The monoisotopic (exact) mass is 266 g/mol. The van der Waals surface area contributed by atoms with Crippen LogP contribution in [0.5, 0.6) is 0 Å². The number of carbonyl (C=O) groups excluding carboxylic acids is 1. The van der Waals surface area contributed by atoms with E-state index in [1.165, 1.54) is 38.9 Å². The van der Waals surface area contributed by atoms with Crippen molar-refractivity contribution in [1.29, 1.82) is 0 Å². The Kier molecular flexibility index (Phi) is 3.81. The first-order chi connectivity index (χ1) is 9.13. The Morgan fingerprint density at radius 2 is 2.11 bits per heavy atom. The van der Waals surface area contributed by atoms with Crippen LogP contribution < -0.4 is 0 Å². The highest BCUT2D eigenvalue weighted by Crippen LogP contribution is 2.38. The Balaban J connectivity index is 1.51. The fourth-order valence-electron chi connectivity index (χ4n) is 3.56. The van der Waals surface area contributed by atoms with Gasteiger partial charge >= 0.3 is 0 Å². The number of fused-ring (bicyclic) bond motifs is 1. The molecule has 0 radical (unpaired) electrons. The number of amides is 1. The third kappa shape index (κ3) is 3.11. The first-order valence-electron chi connectivity index (χ1n) is 7.67. The molecule has 0 unspecified atom stereocenters. The third-order valence-electron chi connectivity index (χ3n) is 4.97. The van der Waals surface area contributed by atoms with Crippen molar-refractivity contribution in [3.05, 3.63) is 0 Å². The predicted octanol–water partition coefficient (Wildman–Crippen LogP) is 1.21. The lowest BCUT2D eigenvalue weighted by molar-refractivity contribution is -0.131. The molecule has 3 rings (SSSR count). The van der Waals surface area contributed by atoms with Crippen LogP contribution in [0.4, 0.5) is 0 Å². The highest BCUT2D eigenvalue weighted by molar-refractivity contribution is 5.76. The van der Waals surface area contributed by atoms with E-state index in [0.29, 0.717) is 18.3 Å². The summed E-state index contributed by atoms with van der Waals surface area (Å²) < 4.78 is 5.92. The van der Waals surface area contributed by atoms with Crippen molar-refractivity contribution >= 4 is 5.91 Å². The van der Waals surface area contributed by atoms with Gasteiger partial charge in [-0.1, -0.05) is 0 Å². The Labute approximate surface area is 116 Å². The van der Waals surface area contributed by atoms with Crippen LogP contribution in [0.3, 0.4) is 0 Å². The molecule has 1 amide bonds. The van der Waals surface area contributed by atoms with Crippen molar-refractivity contribution < 1.29 is 9.53 Å². The number of nitrogens with zero attached hydrogens (tertiary/aromatic N) is 2. The van der Waals surface area contributed by atoms with E-state index in [2.05, 4.69) is 4.90 Å². The molecule has 0 N–H and O–H groups in total. The van der Waals surface area contributed by atoms with Crippen molar-refractivity contribution in [1.82, 2.24) is 9.80 Å². The molecule has 2 aliphatic heterocycles. The zero-order chi connectivity index (χ0) is 13.4. The van der Waals surface area contributed by atoms with Crippen molar-refractivity contribution in [3.63, 3.8) is 0 Å². The number of carbonyl (C=O) groups is 1. The molecule has 0 aromatic heterocycles. The highest BCUT2D eigenvalue weighted by atomic mass is 16.5. The smallest absolute Gasteiger partial charge is 0.224 e. The second-order valence-electron chi connectivity index (χ2n) is 6.78. The van der Waals surface area contributed by atoms with Crippen LogP contribution in [-0.2, 0) is 9.53 Å². The van der Waals surface area contributed by atoms with Crippen LogP contribution in [0, 0.1) is 17.8 Å². The van der Waals surface area contributed by atoms with Crippen LogP contribution in [-0.4, -0.2) is 62.1 Å². The molecule has 0 bridgehead atoms. The van der Waals surface area contributed by atoms with E-state index < -0.39 is 0 Å². The molecule has 4 nitrogen and oxygen atoms in total. The molecule has 1 aliphatic carbocycles. The average molecular weight is 266 g/mol. The van der Waals surface area contributed by atoms with E-state index in [9.17, 15) is 4.79 Å². The van der Waals surface area contributed by atoms with Gasteiger partial charge in [0.25, 0.3) is 0 Å². The van der Waals surface area contributed by atoms with Gasteiger partial charge in [-0.05, 0) is 37.6 Å². The van der Waals surface area contributed by atoms with Crippen LogP contribution in [0.2, 0.25) is 0 Å². The number of rotatable bonds is 4. The maximum Gasteiger partial charge on any atom is 0.224 e. The Morgan fingerprint density at radius 3 is 2.79 bits per heavy atom. The van der Waals surface area contributed by atoms with E-state index in [1.54, 1.807) is 4.90 Å². The molecule has 1 saturated carbocycles. The van der Waals surface area contributed by atoms with Crippen molar-refractivity contribution in [3.8, 4) is 0 Å². The average Bonchev–Trinajstić information content (AvgIpc) is 3.10. The molecule has 19 heavy (non-hydrogen) atoms. The van der Waals surface area contributed by atoms with Crippen LogP contribution in [0.25, 0.3) is 0 Å². The Morgan fingerprint density at radius 1 is 1.32 bits per heavy atom. The van der Waals surface area contributed by atoms with E-state index in [0.717, 1.165) is 12.5 Å². The van der Waals surface area contributed by atoms with Crippen LogP contribution in [0.15, 0.2) is 0 Å². The molecule has 3 fully saturated rings. The summed E-state index contributed by atoms with van der Waals surface area (Å²) in [7, 11) is 3.65. The number of hydrogen-bond acceptors (Lipinski definition) is 3. The Bertz CT molecular complexity index is 341. The maximum atomic E-state index is 11.8. The lowest BCUT2D eigenvalue weighted by atomic mass is 9.83. The Hall–Kier alpha value is -0.610. The van der Waals surface area contributed by atoms with Gasteiger partial charge in [-0.3, -0.25) is 4.79 Å². The molecule has 3 aliphatic rings. The molecule has 0 aromatic rings. The lowest BCUT2D eigenvalue weighted by Gasteiger charge is -2.35. The van der Waals surface area contributed by atoms with Gasteiger partial charge in [-0.25, -0.2) is 0 Å². The topological polar surface area (TPSA) is 32.8 Å². The van der Waals surface area contributed by atoms with Gasteiger partial charge < -0.3 is 14.5 Å². The summed E-state index contributed by atoms with van der Waals surface area (Å²) in [5.41, 5.74) is 0. The number of hydrogen-bond donors (Lipinski definition) is 0. The summed E-state index contributed by atoms with van der Waals surface area (Å²) in [5.74, 6) is 2.45. The van der Waals surface area contributed by atoms with Gasteiger partial charge in [0.15, 0.2) is 0 Å². The maximum absolute atomic E-state index is 11.8. The zero-order valence-corrected chi connectivity index (χ0v) is 12.2. The molecular formula is C15H26N2O2. The summed E-state index contributed by atoms with van der Waals surface area (Å²) in [4.78, 5) is 16.1. The lowest BCUT2D eigenvalue weighted by Crippen LogP contribution is -2.43. The summed E-state index contributed by atoms with van der Waals surface area (Å²) in [6.45, 7) is 4.54. The molecule has 0 aromatic carbocycles. The van der Waals surface area contributed by atoms with E-state index in [-0.39, 0.29) is 12.0 Å². The standard InChI is InChI=1S/C15H26N2O2/c1-16(2)15(18)7-14-13-5-6-17(8-11-3-4-11)9-12(13)10-19-14/h11-14H,3-10H2,1-2H3/t12-,13-,14-/m1/s1. The quantitative estimate of drug-likeness (QED) is 0.767. The van der Waals surface area contributed by atoms with Crippen LogP contribution >= 0.6 is 0 Å². The van der Waals surface area contributed by atoms with Gasteiger partial charge in [0.2, 0.25) is 5.91 Å². The van der Waals surface area contributed by atoms with Crippen molar-refractivity contribution in [2.75, 3.05) is 40.3 Å². The van der Waals surface area contributed by atoms with Crippen molar-refractivity contribution in [2.24, 2.45) is 17.8 Å². The second-order valence-corrected chi connectivity index (χ2v) is 6.78. The SMILES string of the molecule is CN(C)C(=O)C[C@H]1OC[C@H]2CN(CC3CC3)CC[C@H]21.